The third kappa shape index (κ3) is 3.22. The van der Waals surface area contributed by atoms with Crippen LogP contribution in [0.15, 0.2) is 24.3 Å². The van der Waals surface area contributed by atoms with Crippen molar-refractivity contribution >= 4 is 5.97 Å². The van der Waals surface area contributed by atoms with Gasteiger partial charge in [0.2, 0.25) is 0 Å². The number of ether oxygens (including phenoxy) is 3. The molecule has 2 rings (SSSR count). The number of carbonyl (C=O) groups excluding carboxylic acids is 1. The quantitative estimate of drug-likeness (QED) is 0.770. The van der Waals surface area contributed by atoms with Crippen molar-refractivity contribution < 1.29 is 19.0 Å². The van der Waals surface area contributed by atoms with Gasteiger partial charge in [0.1, 0.15) is 18.1 Å². The molecule has 5 heteroatoms. The molecule has 0 bridgehead atoms. The highest BCUT2D eigenvalue weighted by atomic mass is 16.5. The van der Waals surface area contributed by atoms with E-state index in [0.717, 1.165) is 12.8 Å². The summed E-state index contributed by atoms with van der Waals surface area (Å²) in [5.74, 6) is 1.09. The van der Waals surface area contributed by atoms with Crippen LogP contribution in [0.1, 0.15) is 19.8 Å². The van der Waals surface area contributed by atoms with E-state index in [2.05, 4.69) is 0 Å². The van der Waals surface area contributed by atoms with E-state index in [9.17, 15) is 4.79 Å². The molecule has 5 nitrogen and oxygen atoms in total. The van der Waals surface area contributed by atoms with Gasteiger partial charge in [0.25, 0.3) is 0 Å². The van der Waals surface area contributed by atoms with Crippen LogP contribution < -0.4 is 15.2 Å². The number of esters is 1. The highest BCUT2D eigenvalue weighted by Gasteiger charge is 2.50. The van der Waals surface area contributed by atoms with Crippen LogP contribution in [0.3, 0.4) is 0 Å². The highest BCUT2D eigenvalue weighted by Crippen LogP contribution is 2.39. The van der Waals surface area contributed by atoms with Crippen LogP contribution in [-0.4, -0.2) is 31.8 Å². The van der Waals surface area contributed by atoms with E-state index in [4.69, 9.17) is 19.9 Å². The summed E-state index contributed by atoms with van der Waals surface area (Å²) in [6, 6.07) is 7.22. The molecule has 1 aromatic carbocycles. The lowest BCUT2D eigenvalue weighted by molar-refractivity contribution is -0.151. The number of rotatable bonds is 7. The van der Waals surface area contributed by atoms with Gasteiger partial charge in [-0.1, -0.05) is 6.07 Å². The molecule has 1 fully saturated rings. The van der Waals surface area contributed by atoms with Crippen LogP contribution >= 0.6 is 0 Å². The van der Waals surface area contributed by atoms with Crippen molar-refractivity contribution in [2.24, 2.45) is 11.7 Å². The van der Waals surface area contributed by atoms with Crippen molar-refractivity contribution in [3.05, 3.63) is 24.3 Å². The monoisotopic (exact) mass is 279 g/mol. The fraction of sp³-hybridized carbons (Fsp3) is 0.533. The Kier molecular flexibility index (Phi) is 4.49. The van der Waals surface area contributed by atoms with Gasteiger partial charge in [0, 0.05) is 6.07 Å². The third-order valence-corrected chi connectivity index (χ3v) is 3.48. The van der Waals surface area contributed by atoms with Crippen LogP contribution in [0.5, 0.6) is 11.5 Å². The molecule has 0 radical (unpaired) electrons. The van der Waals surface area contributed by atoms with Gasteiger partial charge in [-0.25, -0.2) is 4.79 Å². The molecule has 1 aliphatic carbocycles. The second-order valence-corrected chi connectivity index (χ2v) is 5.00. The number of methoxy groups -OCH3 is 1. The molecule has 20 heavy (non-hydrogen) atoms. The van der Waals surface area contributed by atoms with Crippen molar-refractivity contribution in [2.75, 3.05) is 20.3 Å². The Hall–Kier alpha value is -1.75. The van der Waals surface area contributed by atoms with Gasteiger partial charge in [-0.3, -0.25) is 0 Å². The number of carbonyl (C=O) groups is 1. The zero-order valence-corrected chi connectivity index (χ0v) is 11.9. The molecule has 1 unspecified atom stereocenters. The largest absolute Gasteiger partial charge is 0.497 e. The smallest absolute Gasteiger partial charge is 0.329 e. The molecule has 1 aromatic rings. The second kappa shape index (κ2) is 6.13. The van der Waals surface area contributed by atoms with E-state index in [1.165, 1.54) is 0 Å². The number of hydrogen-bond donors (Lipinski definition) is 1. The van der Waals surface area contributed by atoms with Gasteiger partial charge in [0.15, 0.2) is 5.54 Å². The van der Waals surface area contributed by atoms with Gasteiger partial charge >= 0.3 is 5.97 Å². The lowest BCUT2D eigenvalue weighted by Gasteiger charge is -2.27. The molecule has 0 heterocycles. The summed E-state index contributed by atoms with van der Waals surface area (Å²) in [4.78, 5) is 12.0. The summed E-state index contributed by atoms with van der Waals surface area (Å²) in [5.41, 5.74) is 5.16. The minimum atomic E-state index is -1.06. The fourth-order valence-corrected chi connectivity index (χ4v) is 2.10. The van der Waals surface area contributed by atoms with Crippen LogP contribution in [0, 0.1) is 5.92 Å². The first kappa shape index (κ1) is 14.7. The van der Waals surface area contributed by atoms with Gasteiger partial charge in [-0.15, -0.1) is 0 Å². The molecular formula is C15H21NO4. The maximum atomic E-state index is 12.0. The van der Waals surface area contributed by atoms with Gasteiger partial charge < -0.3 is 19.9 Å². The van der Waals surface area contributed by atoms with Crippen molar-refractivity contribution in [3.8, 4) is 11.5 Å². The number of nitrogens with two attached hydrogens (primary N) is 1. The normalized spacial score (nSPS) is 17.1. The Bertz CT molecular complexity index is 473. The molecule has 0 aromatic heterocycles. The first-order chi connectivity index (χ1) is 9.60. The standard InChI is InChI=1S/C15H21NO4/c1-3-19-14(17)15(16,11-7-8-11)10-20-13-6-4-5-12(9-13)18-2/h4-6,9,11H,3,7-8,10,16H2,1-2H3. The van der Waals surface area contributed by atoms with Crippen molar-refractivity contribution in [2.45, 2.75) is 25.3 Å². The molecule has 2 N–H and O–H groups in total. The molecule has 1 saturated carbocycles. The van der Waals surface area contributed by atoms with Crippen LogP contribution in [-0.2, 0) is 9.53 Å². The minimum Gasteiger partial charge on any atom is -0.497 e. The van der Waals surface area contributed by atoms with Gasteiger partial charge in [-0.05, 0) is 37.8 Å². The average Bonchev–Trinajstić information content (AvgIpc) is 3.30. The van der Waals surface area contributed by atoms with Crippen LogP contribution in [0.2, 0.25) is 0 Å². The zero-order chi connectivity index (χ0) is 14.6. The zero-order valence-electron chi connectivity index (χ0n) is 11.9. The Balaban J connectivity index is 2.03. The van der Waals surface area contributed by atoms with E-state index < -0.39 is 5.54 Å². The summed E-state index contributed by atoms with van der Waals surface area (Å²) in [6.45, 7) is 2.21. The average molecular weight is 279 g/mol. The van der Waals surface area contributed by atoms with E-state index >= 15 is 0 Å². The lowest BCUT2D eigenvalue weighted by atomic mass is 9.96. The summed E-state index contributed by atoms with van der Waals surface area (Å²) < 4.78 is 15.9. The maximum absolute atomic E-state index is 12.0. The Morgan fingerprint density at radius 3 is 2.70 bits per heavy atom. The van der Waals surface area contributed by atoms with Crippen molar-refractivity contribution in [3.63, 3.8) is 0 Å². The fourth-order valence-electron chi connectivity index (χ4n) is 2.10. The Labute approximate surface area is 119 Å². The molecule has 0 saturated heterocycles. The van der Waals surface area contributed by atoms with Crippen LogP contribution in [0.4, 0.5) is 0 Å². The predicted molar refractivity (Wildman–Crippen MR) is 74.8 cm³/mol. The molecule has 1 aliphatic rings. The molecule has 110 valence electrons. The summed E-state index contributed by atoms with van der Waals surface area (Å²) in [5, 5.41) is 0. The molecular weight excluding hydrogens is 258 g/mol. The molecule has 0 aliphatic heterocycles. The minimum absolute atomic E-state index is 0.115. The maximum Gasteiger partial charge on any atom is 0.329 e. The Morgan fingerprint density at radius 2 is 2.10 bits per heavy atom. The van der Waals surface area contributed by atoms with E-state index in [1.807, 2.05) is 12.1 Å². The SMILES string of the molecule is CCOC(=O)C(N)(COc1cccc(OC)c1)C1CC1. The summed E-state index contributed by atoms with van der Waals surface area (Å²) >= 11 is 0. The van der Waals surface area contributed by atoms with Crippen molar-refractivity contribution in [1.82, 2.24) is 0 Å². The first-order valence-electron chi connectivity index (χ1n) is 6.83. The van der Waals surface area contributed by atoms with Crippen LogP contribution in [0.25, 0.3) is 0 Å². The topological polar surface area (TPSA) is 70.8 Å². The number of hydrogen-bond acceptors (Lipinski definition) is 5. The first-order valence-corrected chi connectivity index (χ1v) is 6.83. The second-order valence-electron chi connectivity index (χ2n) is 5.00. The van der Waals surface area contributed by atoms with Gasteiger partial charge in [-0.2, -0.15) is 0 Å². The third-order valence-electron chi connectivity index (χ3n) is 3.48. The van der Waals surface area contributed by atoms with E-state index in [1.54, 1.807) is 26.2 Å². The predicted octanol–water partition coefficient (Wildman–Crippen LogP) is 1.74. The summed E-state index contributed by atoms with van der Waals surface area (Å²) in [7, 11) is 1.59. The Morgan fingerprint density at radius 1 is 1.40 bits per heavy atom. The molecule has 0 spiro atoms. The van der Waals surface area contributed by atoms with E-state index in [-0.39, 0.29) is 18.5 Å². The molecule has 1 atom stereocenters. The van der Waals surface area contributed by atoms with E-state index in [0.29, 0.717) is 18.1 Å². The molecule has 0 amide bonds. The highest BCUT2D eigenvalue weighted by molar-refractivity contribution is 5.81. The number of benzene rings is 1. The summed E-state index contributed by atoms with van der Waals surface area (Å²) in [6.07, 6.45) is 1.88. The van der Waals surface area contributed by atoms with Crippen molar-refractivity contribution in [1.29, 1.82) is 0 Å². The van der Waals surface area contributed by atoms with Gasteiger partial charge in [0.05, 0.1) is 13.7 Å². The lowest BCUT2D eigenvalue weighted by Crippen LogP contribution is -2.55.